The van der Waals surface area contributed by atoms with E-state index in [1.165, 1.54) is 18.4 Å². The highest BCUT2D eigenvalue weighted by atomic mass is 32.1. The maximum atomic E-state index is 12.5. The molecule has 0 spiro atoms. The van der Waals surface area contributed by atoms with E-state index in [2.05, 4.69) is 15.3 Å². The van der Waals surface area contributed by atoms with E-state index in [0.717, 1.165) is 23.8 Å². The Morgan fingerprint density at radius 1 is 1.19 bits per heavy atom. The van der Waals surface area contributed by atoms with Crippen molar-refractivity contribution in [2.24, 2.45) is 0 Å². The summed E-state index contributed by atoms with van der Waals surface area (Å²) < 4.78 is 10.4. The minimum Gasteiger partial charge on any atom is -0.481 e. The second-order valence-electron chi connectivity index (χ2n) is 5.78. The molecule has 0 atom stereocenters. The lowest BCUT2D eigenvalue weighted by Gasteiger charge is -2.05. The van der Waals surface area contributed by atoms with Crippen molar-refractivity contribution in [3.05, 3.63) is 16.3 Å². The van der Waals surface area contributed by atoms with Crippen LogP contribution in [0.5, 0.6) is 5.88 Å². The lowest BCUT2D eigenvalue weighted by Crippen LogP contribution is -2.24. The number of carboxylic acids is 1. The molecule has 8 nitrogen and oxygen atoms in total. The predicted molar refractivity (Wildman–Crippen MR) is 97.9 cm³/mol. The summed E-state index contributed by atoms with van der Waals surface area (Å²) >= 11 is 1.30. The van der Waals surface area contributed by atoms with Crippen LogP contribution < -0.4 is 10.1 Å². The minimum atomic E-state index is -0.794. The molecule has 9 heteroatoms. The summed E-state index contributed by atoms with van der Waals surface area (Å²) in [6.45, 7) is 2.62. The van der Waals surface area contributed by atoms with Crippen molar-refractivity contribution in [1.29, 1.82) is 0 Å². The number of aromatic nitrogens is 2. The van der Waals surface area contributed by atoms with Crippen LogP contribution in [0.25, 0.3) is 10.2 Å². The van der Waals surface area contributed by atoms with Gasteiger partial charge in [0, 0.05) is 20.1 Å². The zero-order valence-electron chi connectivity index (χ0n) is 15.1. The maximum absolute atomic E-state index is 12.5. The third kappa shape index (κ3) is 4.89. The molecule has 0 aliphatic rings. The molecule has 0 saturated heterocycles. The number of fused-ring (bicyclic) bond motifs is 1. The minimum absolute atomic E-state index is 0.158. The van der Waals surface area contributed by atoms with Gasteiger partial charge in [-0.2, -0.15) is 4.98 Å². The summed E-state index contributed by atoms with van der Waals surface area (Å²) in [5.41, 5.74) is 0.786. The molecule has 2 heterocycles. The van der Waals surface area contributed by atoms with Crippen LogP contribution >= 0.6 is 11.3 Å². The van der Waals surface area contributed by atoms with E-state index < -0.39 is 5.97 Å². The number of hydrogen-bond acceptors (Lipinski definition) is 7. The molecule has 1 amide bonds. The van der Waals surface area contributed by atoms with E-state index in [-0.39, 0.29) is 18.9 Å². The summed E-state index contributed by atoms with van der Waals surface area (Å²) in [6, 6.07) is 0. The maximum Gasteiger partial charge on any atom is 0.303 e. The van der Waals surface area contributed by atoms with Gasteiger partial charge in [-0.05, 0) is 25.3 Å². The number of carboxylic acid groups (broad SMARTS) is 1. The summed E-state index contributed by atoms with van der Waals surface area (Å²) in [6.07, 6.45) is 2.27. The largest absolute Gasteiger partial charge is 0.481 e. The Morgan fingerprint density at radius 2 is 1.96 bits per heavy atom. The van der Waals surface area contributed by atoms with Gasteiger partial charge in [-0.25, -0.2) is 4.98 Å². The molecule has 0 fully saturated rings. The average Bonchev–Trinajstić information content (AvgIpc) is 2.94. The van der Waals surface area contributed by atoms with Crippen LogP contribution in [0.3, 0.4) is 0 Å². The van der Waals surface area contributed by atoms with Crippen molar-refractivity contribution in [1.82, 2.24) is 15.3 Å². The number of carbonyl (C=O) groups excluding carboxylic acids is 1. The Hall–Kier alpha value is -2.26. The van der Waals surface area contributed by atoms with Crippen molar-refractivity contribution in [2.75, 3.05) is 20.8 Å². The molecule has 0 aromatic carbocycles. The Kier molecular flexibility index (Phi) is 7.28. The Morgan fingerprint density at radius 3 is 2.62 bits per heavy atom. The number of nitrogens with zero attached hydrogens (tertiary/aromatic N) is 2. The molecule has 2 N–H and O–H groups in total. The van der Waals surface area contributed by atoms with Crippen LogP contribution in [0, 0.1) is 6.92 Å². The fourth-order valence-electron chi connectivity index (χ4n) is 2.56. The fourth-order valence-corrected chi connectivity index (χ4v) is 3.67. The molecule has 0 bridgehead atoms. The van der Waals surface area contributed by atoms with Gasteiger partial charge in [0.25, 0.3) is 5.91 Å². The van der Waals surface area contributed by atoms with Gasteiger partial charge in [-0.1, -0.05) is 6.42 Å². The zero-order valence-corrected chi connectivity index (χ0v) is 15.9. The standard InChI is InChI=1S/C17H23N3O5S/c1-10-13-16(25-3)19-11(9-24-2)20-17(13)26-14(10)15(23)18-8-6-4-5-7-12(21)22/h4-9H2,1-3H3,(H,18,23)(H,21,22). The molecule has 0 radical (unpaired) electrons. The first kappa shape index (κ1) is 20.1. The van der Waals surface area contributed by atoms with Crippen molar-refractivity contribution >= 4 is 33.4 Å². The van der Waals surface area contributed by atoms with Crippen LogP contribution in [0.15, 0.2) is 0 Å². The Bertz CT molecular complexity index is 790. The molecular weight excluding hydrogens is 358 g/mol. The SMILES string of the molecule is COCc1nc(OC)c2c(C)c(C(=O)NCCCCCC(=O)O)sc2n1. The van der Waals surface area contributed by atoms with Gasteiger partial charge in [0.15, 0.2) is 5.82 Å². The number of aryl methyl sites for hydroxylation is 1. The van der Waals surface area contributed by atoms with Gasteiger partial charge in [0.05, 0.1) is 17.4 Å². The number of ether oxygens (including phenoxy) is 2. The van der Waals surface area contributed by atoms with Gasteiger partial charge in [-0.3, -0.25) is 9.59 Å². The van der Waals surface area contributed by atoms with Crippen LogP contribution in [0.1, 0.15) is 46.7 Å². The van der Waals surface area contributed by atoms with Crippen LogP contribution in [0.4, 0.5) is 0 Å². The Labute approximate surface area is 155 Å². The van der Waals surface area contributed by atoms with E-state index in [4.69, 9.17) is 14.6 Å². The third-order valence-electron chi connectivity index (χ3n) is 3.83. The first-order valence-corrected chi connectivity index (χ1v) is 9.12. The van der Waals surface area contributed by atoms with Gasteiger partial charge in [0.1, 0.15) is 11.4 Å². The van der Waals surface area contributed by atoms with Crippen molar-refractivity contribution < 1.29 is 24.2 Å². The van der Waals surface area contributed by atoms with Crippen molar-refractivity contribution in [2.45, 2.75) is 39.2 Å². The van der Waals surface area contributed by atoms with E-state index in [1.807, 2.05) is 6.92 Å². The molecule has 142 valence electrons. The van der Waals surface area contributed by atoms with Gasteiger partial charge in [0.2, 0.25) is 5.88 Å². The number of amides is 1. The molecule has 2 rings (SSSR count). The highest BCUT2D eigenvalue weighted by Crippen LogP contribution is 2.34. The Balaban J connectivity index is 2.07. The van der Waals surface area contributed by atoms with Crippen molar-refractivity contribution in [3.63, 3.8) is 0 Å². The zero-order chi connectivity index (χ0) is 19.1. The van der Waals surface area contributed by atoms with Crippen LogP contribution in [-0.2, 0) is 16.1 Å². The quantitative estimate of drug-likeness (QED) is 0.608. The molecule has 26 heavy (non-hydrogen) atoms. The summed E-state index contributed by atoms with van der Waals surface area (Å²) in [4.78, 5) is 33.0. The van der Waals surface area contributed by atoms with E-state index in [0.29, 0.717) is 34.4 Å². The molecule has 2 aromatic heterocycles. The normalized spacial score (nSPS) is 10.9. The van der Waals surface area contributed by atoms with Crippen LogP contribution in [-0.4, -0.2) is 47.7 Å². The molecule has 2 aromatic rings. The number of unbranched alkanes of at least 4 members (excludes halogenated alkanes) is 2. The molecule has 0 aliphatic carbocycles. The second kappa shape index (κ2) is 9.44. The van der Waals surface area contributed by atoms with Crippen LogP contribution in [0.2, 0.25) is 0 Å². The van der Waals surface area contributed by atoms with Gasteiger partial charge >= 0.3 is 5.97 Å². The highest BCUT2D eigenvalue weighted by Gasteiger charge is 2.20. The molecular formula is C17H23N3O5S. The number of methoxy groups -OCH3 is 2. The van der Waals surface area contributed by atoms with Gasteiger partial charge < -0.3 is 19.9 Å². The fraction of sp³-hybridized carbons (Fsp3) is 0.529. The highest BCUT2D eigenvalue weighted by molar-refractivity contribution is 7.20. The number of nitrogens with one attached hydrogen (secondary N) is 1. The number of thiophene rings is 1. The number of carbonyl (C=O) groups is 2. The van der Waals surface area contributed by atoms with E-state index in [1.54, 1.807) is 7.11 Å². The summed E-state index contributed by atoms with van der Waals surface area (Å²) in [5, 5.41) is 12.2. The van der Waals surface area contributed by atoms with E-state index in [9.17, 15) is 9.59 Å². The number of hydrogen-bond donors (Lipinski definition) is 2. The lowest BCUT2D eigenvalue weighted by atomic mass is 10.2. The number of rotatable bonds is 10. The predicted octanol–water partition coefficient (Wildman–Crippen LogP) is 2.53. The molecule has 0 aliphatic heterocycles. The summed E-state index contributed by atoms with van der Waals surface area (Å²) in [5.74, 6) is -0.0241. The average molecular weight is 381 g/mol. The van der Waals surface area contributed by atoms with E-state index >= 15 is 0 Å². The smallest absolute Gasteiger partial charge is 0.303 e. The third-order valence-corrected chi connectivity index (χ3v) is 5.01. The topological polar surface area (TPSA) is 111 Å². The monoisotopic (exact) mass is 381 g/mol. The number of aliphatic carboxylic acids is 1. The first-order valence-electron chi connectivity index (χ1n) is 8.30. The molecule has 0 unspecified atom stereocenters. The van der Waals surface area contributed by atoms with Crippen molar-refractivity contribution in [3.8, 4) is 5.88 Å². The lowest BCUT2D eigenvalue weighted by molar-refractivity contribution is -0.137. The first-order chi connectivity index (χ1) is 12.5. The molecule has 0 saturated carbocycles. The second-order valence-corrected chi connectivity index (χ2v) is 6.78. The van der Waals surface area contributed by atoms with Gasteiger partial charge in [-0.15, -0.1) is 11.3 Å². The summed E-state index contributed by atoms with van der Waals surface area (Å²) in [7, 11) is 3.10.